The highest BCUT2D eigenvalue weighted by atomic mass is 32.2. The predicted octanol–water partition coefficient (Wildman–Crippen LogP) is 2.72. The summed E-state index contributed by atoms with van der Waals surface area (Å²) in [4.78, 5) is 12.3. The summed E-state index contributed by atoms with van der Waals surface area (Å²) in [5.74, 6) is -0.474. The minimum absolute atomic E-state index is 0.0391. The lowest BCUT2D eigenvalue weighted by atomic mass is 10.2. The third kappa shape index (κ3) is 4.33. The Morgan fingerprint density at radius 2 is 1.75 bits per heavy atom. The number of benzene rings is 2. The van der Waals surface area contributed by atoms with E-state index in [1.165, 1.54) is 30.3 Å². The summed E-state index contributed by atoms with van der Waals surface area (Å²) in [6, 6.07) is 11.8. The highest BCUT2D eigenvalue weighted by molar-refractivity contribution is 7.89. The first-order valence-corrected chi connectivity index (χ1v) is 9.03. The molecule has 0 aromatic heterocycles. The zero-order chi connectivity index (χ0) is 17.7. The average molecular weight is 348 g/mol. The molecule has 0 radical (unpaired) electrons. The van der Waals surface area contributed by atoms with Gasteiger partial charge in [-0.05, 0) is 49.7 Å². The van der Waals surface area contributed by atoms with E-state index in [1.807, 2.05) is 6.92 Å². The molecule has 0 saturated carbocycles. The molecule has 2 rings (SSSR count). The van der Waals surface area contributed by atoms with Gasteiger partial charge in [0.2, 0.25) is 10.0 Å². The summed E-state index contributed by atoms with van der Waals surface area (Å²) in [6.07, 6.45) is 0.681. The van der Waals surface area contributed by atoms with Crippen LogP contribution in [0.4, 0.5) is 5.69 Å². The third-order valence-electron chi connectivity index (χ3n) is 3.55. The van der Waals surface area contributed by atoms with Crippen molar-refractivity contribution in [2.75, 3.05) is 5.32 Å². The number of rotatable bonds is 6. The van der Waals surface area contributed by atoms with Crippen LogP contribution in [0.5, 0.6) is 5.75 Å². The van der Waals surface area contributed by atoms with Crippen LogP contribution in [0.2, 0.25) is 0 Å². The van der Waals surface area contributed by atoms with Crippen molar-refractivity contribution in [2.45, 2.75) is 31.2 Å². The SMILES string of the molecule is CCC(C)NS(=O)(=O)c1ccc(C(=O)Nc2ccccc2O)cc1. The Morgan fingerprint density at radius 1 is 1.12 bits per heavy atom. The van der Waals surface area contributed by atoms with Crippen LogP contribution in [0, 0.1) is 0 Å². The maximum absolute atomic E-state index is 12.2. The molecule has 0 fully saturated rings. The molecular weight excluding hydrogens is 328 g/mol. The highest BCUT2D eigenvalue weighted by Gasteiger charge is 2.17. The van der Waals surface area contributed by atoms with E-state index in [0.717, 1.165) is 0 Å². The van der Waals surface area contributed by atoms with Gasteiger partial charge in [-0.2, -0.15) is 0 Å². The molecule has 0 aliphatic heterocycles. The van der Waals surface area contributed by atoms with Crippen molar-refractivity contribution in [1.29, 1.82) is 0 Å². The summed E-state index contributed by atoms with van der Waals surface area (Å²) in [7, 11) is -3.60. The van der Waals surface area contributed by atoms with Crippen molar-refractivity contribution in [3.8, 4) is 5.75 Å². The zero-order valence-electron chi connectivity index (χ0n) is 13.5. The quantitative estimate of drug-likeness (QED) is 0.700. The van der Waals surface area contributed by atoms with Gasteiger partial charge in [-0.3, -0.25) is 4.79 Å². The molecule has 0 saturated heterocycles. The Kier molecular flexibility index (Phi) is 5.58. The number of para-hydroxylation sites is 2. The number of hydrogen-bond donors (Lipinski definition) is 3. The molecule has 0 bridgehead atoms. The van der Waals surface area contributed by atoms with Crippen LogP contribution in [0.25, 0.3) is 0 Å². The van der Waals surface area contributed by atoms with Gasteiger partial charge < -0.3 is 10.4 Å². The molecule has 7 heteroatoms. The van der Waals surface area contributed by atoms with E-state index in [-0.39, 0.29) is 22.4 Å². The van der Waals surface area contributed by atoms with Gasteiger partial charge in [0.1, 0.15) is 5.75 Å². The van der Waals surface area contributed by atoms with Crippen molar-refractivity contribution in [3.63, 3.8) is 0 Å². The van der Waals surface area contributed by atoms with E-state index in [1.54, 1.807) is 25.1 Å². The van der Waals surface area contributed by atoms with Gasteiger partial charge in [0.15, 0.2) is 0 Å². The first-order chi connectivity index (χ1) is 11.3. The molecule has 0 aliphatic carbocycles. The van der Waals surface area contributed by atoms with E-state index in [9.17, 15) is 18.3 Å². The molecule has 24 heavy (non-hydrogen) atoms. The van der Waals surface area contributed by atoms with E-state index >= 15 is 0 Å². The number of phenols is 1. The highest BCUT2D eigenvalue weighted by Crippen LogP contribution is 2.22. The maximum Gasteiger partial charge on any atom is 0.255 e. The third-order valence-corrected chi connectivity index (χ3v) is 5.15. The Morgan fingerprint density at radius 3 is 2.33 bits per heavy atom. The topological polar surface area (TPSA) is 95.5 Å². The Balaban J connectivity index is 2.14. The fraction of sp³-hybridized carbons (Fsp3) is 0.235. The molecule has 0 aliphatic rings. The van der Waals surface area contributed by atoms with E-state index in [4.69, 9.17) is 0 Å². The van der Waals surface area contributed by atoms with Crippen LogP contribution in [0.15, 0.2) is 53.4 Å². The number of phenolic OH excluding ortho intramolecular Hbond substituents is 1. The lowest BCUT2D eigenvalue weighted by Crippen LogP contribution is -2.32. The number of hydrogen-bond acceptors (Lipinski definition) is 4. The van der Waals surface area contributed by atoms with Gasteiger partial charge in [0, 0.05) is 11.6 Å². The fourth-order valence-corrected chi connectivity index (χ4v) is 3.30. The molecule has 128 valence electrons. The second-order valence-corrected chi connectivity index (χ2v) is 7.14. The van der Waals surface area contributed by atoms with Crippen LogP contribution in [0.1, 0.15) is 30.6 Å². The molecular formula is C17H20N2O4S. The molecule has 2 aromatic carbocycles. The second kappa shape index (κ2) is 7.46. The van der Waals surface area contributed by atoms with Crippen LogP contribution in [-0.2, 0) is 10.0 Å². The van der Waals surface area contributed by atoms with E-state index in [2.05, 4.69) is 10.0 Å². The van der Waals surface area contributed by atoms with Crippen LogP contribution < -0.4 is 10.0 Å². The number of nitrogens with one attached hydrogen (secondary N) is 2. The molecule has 1 unspecified atom stereocenters. The summed E-state index contributed by atoms with van der Waals surface area (Å²) in [5.41, 5.74) is 0.582. The summed E-state index contributed by atoms with van der Waals surface area (Å²) >= 11 is 0. The number of carbonyl (C=O) groups is 1. The fourth-order valence-electron chi connectivity index (χ4n) is 1.98. The monoisotopic (exact) mass is 348 g/mol. The molecule has 2 aromatic rings. The number of aromatic hydroxyl groups is 1. The van der Waals surface area contributed by atoms with Gasteiger partial charge in [0.05, 0.1) is 10.6 Å². The van der Waals surface area contributed by atoms with Crippen molar-refractivity contribution in [3.05, 3.63) is 54.1 Å². The Labute approximate surface area is 141 Å². The van der Waals surface area contributed by atoms with E-state index in [0.29, 0.717) is 12.0 Å². The lowest BCUT2D eigenvalue weighted by Gasteiger charge is -2.12. The number of sulfonamides is 1. The van der Waals surface area contributed by atoms with Gasteiger partial charge in [0.25, 0.3) is 5.91 Å². The van der Waals surface area contributed by atoms with Gasteiger partial charge >= 0.3 is 0 Å². The van der Waals surface area contributed by atoms with Crippen molar-refractivity contribution in [1.82, 2.24) is 4.72 Å². The Bertz CT molecular complexity index is 817. The molecule has 0 spiro atoms. The van der Waals surface area contributed by atoms with Crippen molar-refractivity contribution in [2.24, 2.45) is 0 Å². The molecule has 6 nitrogen and oxygen atoms in total. The standard InChI is InChI=1S/C17H20N2O4S/c1-3-12(2)19-24(22,23)14-10-8-13(9-11-14)17(21)18-15-6-4-5-7-16(15)20/h4-12,19-20H,3H2,1-2H3,(H,18,21). The first kappa shape index (κ1) is 18.0. The second-order valence-electron chi connectivity index (χ2n) is 5.43. The predicted molar refractivity (Wildman–Crippen MR) is 92.6 cm³/mol. The number of amides is 1. The number of carbonyl (C=O) groups excluding carboxylic acids is 1. The lowest BCUT2D eigenvalue weighted by molar-refractivity contribution is 0.102. The average Bonchev–Trinajstić information content (AvgIpc) is 2.56. The van der Waals surface area contributed by atoms with Crippen molar-refractivity contribution < 1.29 is 18.3 Å². The van der Waals surface area contributed by atoms with Crippen LogP contribution in [-0.4, -0.2) is 25.5 Å². The minimum Gasteiger partial charge on any atom is -0.506 e. The first-order valence-electron chi connectivity index (χ1n) is 7.55. The molecule has 1 amide bonds. The smallest absolute Gasteiger partial charge is 0.255 e. The normalized spacial score (nSPS) is 12.6. The largest absolute Gasteiger partial charge is 0.506 e. The molecule has 0 heterocycles. The molecule has 3 N–H and O–H groups in total. The summed E-state index contributed by atoms with van der Waals surface area (Å²) in [6.45, 7) is 3.67. The maximum atomic E-state index is 12.2. The van der Waals surface area contributed by atoms with Crippen LogP contribution >= 0.6 is 0 Å². The van der Waals surface area contributed by atoms with Gasteiger partial charge in [-0.15, -0.1) is 0 Å². The van der Waals surface area contributed by atoms with Crippen LogP contribution in [0.3, 0.4) is 0 Å². The molecule has 1 atom stereocenters. The van der Waals surface area contributed by atoms with E-state index < -0.39 is 15.9 Å². The van der Waals surface area contributed by atoms with Crippen molar-refractivity contribution >= 4 is 21.6 Å². The van der Waals surface area contributed by atoms with Gasteiger partial charge in [-0.25, -0.2) is 13.1 Å². The van der Waals surface area contributed by atoms with Gasteiger partial charge in [-0.1, -0.05) is 19.1 Å². The minimum atomic E-state index is -3.60. The Hall–Kier alpha value is -2.38. The summed E-state index contributed by atoms with van der Waals surface area (Å²) in [5, 5.41) is 12.2. The summed E-state index contributed by atoms with van der Waals surface area (Å²) < 4.78 is 26.9. The number of anilines is 1. The zero-order valence-corrected chi connectivity index (χ0v) is 14.3.